The van der Waals surface area contributed by atoms with Gasteiger partial charge in [-0.3, -0.25) is 4.68 Å². The number of aromatic nitrogens is 2. The van der Waals surface area contributed by atoms with Gasteiger partial charge in [0.2, 0.25) is 0 Å². The first-order valence-corrected chi connectivity index (χ1v) is 5.49. The van der Waals surface area contributed by atoms with E-state index >= 15 is 0 Å². The van der Waals surface area contributed by atoms with Gasteiger partial charge in [-0.25, -0.2) is 4.79 Å². The van der Waals surface area contributed by atoms with Crippen LogP contribution >= 0.6 is 0 Å². The van der Waals surface area contributed by atoms with Crippen molar-refractivity contribution in [3.63, 3.8) is 0 Å². The van der Waals surface area contributed by atoms with E-state index in [0.29, 0.717) is 12.2 Å². The molecule has 0 aliphatic carbocycles. The fourth-order valence-corrected chi connectivity index (χ4v) is 1.66. The van der Waals surface area contributed by atoms with Crippen LogP contribution in [0.15, 0.2) is 30.5 Å². The molecule has 4 nitrogen and oxygen atoms in total. The van der Waals surface area contributed by atoms with E-state index in [4.69, 9.17) is 5.11 Å². The quantitative estimate of drug-likeness (QED) is 0.881. The Kier molecular flexibility index (Phi) is 2.95. The molecular formula is C13H14N2O2. The zero-order chi connectivity index (χ0) is 12.4. The second-order valence-corrected chi connectivity index (χ2v) is 3.92. The Morgan fingerprint density at radius 1 is 1.35 bits per heavy atom. The first-order valence-electron chi connectivity index (χ1n) is 5.49. The number of hydrogen-bond donors (Lipinski definition) is 1. The topological polar surface area (TPSA) is 55.1 Å². The maximum Gasteiger partial charge on any atom is 0.339 e. The minimum atomic E-state index is -0.944. The van der Waals surface area contributed by atoms with Gasteiger partial charge in [0.15, 0.2) is 0 Å². The SMILES string of the molecule is CCn1cc(C(=O)O)c(-c2ccc(C)cc2)n1. The third-order valence-corrected chi connectivity index (χ3v) is 2.64. The monoisotopic (exact) mass is 230 g/mol. The Labute approximate surface area is 99.5 Å². The van der Waals surface area contributed by atoms with Gasteiger partial charge < -0.3 is 5.11 Å². The van der Waals surface area contributed by atoms with E-state index in [1.807, 2.05) is 38.1 Å². The maximum atomic E-state index is 11.1. The molecule has 0 aliphatic heterocycles. The highest BCUT2D eigenvalue weighted by atomic mass is 16.4. The largest absolute Gasteiger partial charge is 0.478 e. The highest BCUT2D eigenvalue weighted by Crippen LogP contribution is 2.22. The second-order valence-electron chi connectivity index (χ2n) is 3.92. The predicted molar refractivity (Wildman–Crippen MR) is 65.0 cm³/mol. The Hall–Kier alpha value is -2.10. The van der Waals surface area contributed by atoms with Crippen molar-refractivity contribution in [2.45, 2.75) is 20.4 Å². The van der Waals surface area contributed by atoms with Crippen LogP contribution in [0.5, 0.6) is 0 Å². The average molecular weight is 230 g/mol. The fourth-order valence-electron chi connectivity index (χ4n) is 1.66. The van der Waals surface area contributed by atoms with E-state index in [9.17, 15) is 4.79 Å². The summed E-state index contributed by atoms with van der Waals surface area (Å²) in [6.07, 6.45) is 1.57. The number of nitrogens with zero attached hydrogens (tertiary/aromatic N) is 2. The Morgan fingerprint density at radius 3 is 2.53 bits per heavy atom. The Balaban J connectivity index is 2.53. The van der Waals surface area contributed by atoms with Gasteiger partial charge >= 0.3 is 5.97 Å². The molecule has 0 unspecified atom stereocenters. The standard InChI is InChI=1S/C13H14N2O2/c1-3-15-8-11(13(16)17)12(14-15)10-6-4-9(2)5-7-10/h4-8H,3H2,1-2H3,(H,16,17). The van der Waals surface area contributed by atoms with Gasteiger partial charge in [-0.05, 0) is 13.8 Å². The molecule has 1 aromatic carbocycles. The third-order valence-electron chi connectivity index (χ3n) is 2.64. The van der Waals surface area contributed by atoms with Crippen molar-refractivity contribution in [3.05, 3.63) is 41.6 Å². The number of benzene rings is 1. The molecule has 0 fully saturated rings. The maximum absolute atomic E-state index is 11.1. The van der Waals surface area contributed by atoms with Crippen LogP contribution in [0.3, 0.4) is 0 Å². The summed E-state index contributed by atoms with van der Waals surface area (Å²) < 4.78 is 1.64. The van der Waals surface area contributed by atoms with Crippen molar-refractivity contribution < 1.29 is 9.90 Å². The smallest absolute Gasteiger partial charge is 0.339 e. The molecule has 0 bridgehead atoms. The van der Waals surface area contributed by atoms with E-state index < -0.39 is 5.97 Å². The van der Waals surface area contributed by atoms with Gasteiger partial charge in [-0.2, -0.15) is 5.10 Å². The average Bonchev–Trinajstić information content (AvgIpc) is 2.74. The lowest BCUT2D eigenvalue weighted by atomic mass is 10.1. The van der Waals surface area contributed by atoms with Gasteiger partial charge in [0.05, 0.1) is 0 Å². The van der Waals surface area contributed by atoms with Crippen LogP contribution in [0, 0.1) is 6.92 Å². The van der Waals surface area contributed by atoms with Gasteiger partial charge in [-0.15, -0.1) is 0 Å². The summed E-state index contributed by atoms with van der Waals surface area (Å²) in [5, 5.41) is 13.4. The minimum absolute atomic E-state index is 0.246. The van der Waals surface area contributed by atoms with Crippen LogP contribution in [0.1, 0.15) is 22.8 Å². The van der Waals surface area contributed by atoms with Crippen LogP contribution in [-0.2, 0) is 6.54 Å². The molecule has 0 aliphatic rings. The first kappa shape index (κ1) is 11.4. The summed E-state index contributed by atoms with van der Waals surface area (Å²) in [6.45, 7) is 4.58. The molecule has 0 amide bonds. The predicted octanol–water partition coefficient (Wildman–Crippen LogP) is 2.58. The zero-order valence-electron chi connectivity index (χ0n) is 9.84. The molecule has 4 heteroatoms. The summed E-state index contributed by atoms with van der Waals surface area (Å²) in [5.74, 6) is -0.944. The van der Waals surface area contributed by atoms with Crippen molar-refractivity contribution in [1.82, 2.24) is 9.78 Å². The summed E-state index contributed by atoms with van der Waals surface area (Å²) in [5.41, 5.74) is 2.75. The Bertz CT molecular complexity index is 541. The number of rotatable bonds is 3. The van der Waals surface area contributed by atoms with E-state index in [1.54, 1.807) is 10.9 Å². The van der Waals surface area contributed by atoms with Crippen LogP contribution in [-0.4, -0.2) is 20.9 Å². The normalized spacial score (nSPS) is 10.5. The summed E-state index contributed by atoms with van der Waals surface area (Å²) in [7, 11) is 0. The molecule has 0 saturated carbocycles. The van der Waals surface area contributed by atoms with Crippen molar-refractivity contribution >= 4 is 5.97 Å². The molecule has 1 aromatic heterocycles. The van der Waals surface area contributed by atoms with Gasteiger partial charge in [-0.1, -0.05) is 29.8 Å². The van der Waals surface area contributed by atoms with E-state index in [2.05, 4.69) is 5.10 Å². The molecule has 1 heterocycles. The molecule has 0 spiro atoms. The van der Waals surface area contributed by atoms with Crippen molar-refractivity contribution in [3.8, 4) is 11.3 Å². The molecule has 2 rings (SSSR count). The lowest BCUT2D eigenvalue weighted by Crippen LogP contribution is -1.96. The molecule has 17 heavy (non-hydrogen) atoms. The molecule has 0 saturated heterocycles. The van der Waals surface area contributed by atoms with Crippen molar-refractivity contribution in [1.29, 1.82) is 0 Å². The van der Waals surface area contributed by atoms with E-state index in [1.165, 1.54) is 0 Å². The van der Waals surface area contributed by atoms with Gasteiger partial charge in [0, 0.05) is 18.3 Å². The Morgan fingerprint density at radius 2 is 2.00 bits per heavy atom. The highest BCUT2D eigenvalue weighted by molar-refractivity contribution is 5.94. The number of carboxylic acid groups (broad SMARTS) is 1. The van der Waals surface area contributed by atoms with E-state index in [0.717, 1.165) is 11.1 Å². The number of carboxylic acids is 1. The summed E-state index contributed by atoms with van der Waals surface area (Å²) in [6, 6.07) is 7.69. The lowest BCUT2D eigenvalue weighted by Gasteiger charge is -1.99. The molecular weight excluding hydrogens is 216 g/mol. The molecule has 0 atom stereocenters. The molecule has 2 aromatic rings. The van der Waals surface area contributed by atoms with Gasteiger partial charge in [0.25, 0.3) is 0 Å². The van der Waals surface area contributed by atoms with Crippen molar-refractivity contribution in [2.24, 2.45) is 0 Å². The second kappa shape index (κ2) is 4.41. The fraction of sp³-hybridized carbons (Fsp3) is 0.231. The van der Waals surface area contributed by atoms with E-state index in [-0.39, 0.29) is 5.56 Å². The molecule has 1 N–H and O–H groups in total. The van der Waals surface area contributed by atoms with Crippen LogP contribution < -0.4 is 0 Å². The third kappa shape index (κ3) is 2.20. The first-order chi connectivity index (χ1) is 8.11. The zero-order valence-corrected chi connectivity index (χ0v) is 9.84. The van der Waals surface area contributed by atoms with Crippen LogP contribution in [0.25, 0.3) is 11.3 Å². The van der Waals surface area contributed by atoms with Crippen LogP contribution in [0.2, 0.25) is 0 Å². The number of aromatic carboxylic acids is 1. The van der Waals surface area contributed by atoms with Gasteiger partial charge in [0.1, 0.15) is 11.3 Å². The minimum Gasteiger partial charge on any atom is -0.478 e. The summed E-state index contributed by atoms with van der Waals surface area (Å²) in [4.78, 5) is 11.1. The van der Waals surface area contributed by atoms with Crippen LogP contribution in [0.4, 0.5) is 0 Å². The number of carbonyl (C=O) groups is 1. The molecule has 88 valence electrons. The summed E-state index contributed by atoms with van der Waals surface area (Å²) >= 11 is 0. The van der Waals surface area contributed by atoms with Crippen molar-refractivity contribution in [2.75, 3.05) is 0 Å². The highest BCUT2D eigenvalue weighted by Gasteiger charge is 2.16. The number of aryl methyl sites for hydroxylation is 2. The number of hydrogen-bond acceptors (Lipinski definition) is 2. The molecule has 0 radical (unpaired) electrons. The lowest BCUT2D eigenvalue weighted by molar-refractivity contribution is 0.0697.